The number of hydrogen-bond acceptors (Lipinski definition) is 5. The summed E-state index contributed by atoms with van der Waals surface area (Å²) in [4.78, 5) is 24.4. The van der Waals surface area contributed by atoms with Gasteiger partial charge in [0, 0.05) is 30.4 Å². The van der Waals surface area contributed by atoms with E-state index in [9.17, 15) is 4.79 Å². The van der Waals surface area contributed by atoms with E-state index >= 15 is 0 Å². The number of nitrogens with zero attached hydrogens (tertiary/aromatic N) is 5. The number of hydrogen-bond donors (Lipinski definition) is 0. The van der Waals surface area contributed by atoms with Gasteiger partial charge in [0.25, 0.3) is 0 Å². The average molecular weight is 369 g/mol. The molecule has 0 saturated carbocycles. The van der Waals surface area contributed by atoms with Gasteiger partial charge in [0.15, 0.2) is 0 Å². The van der Waals surface area contributed by atoms with Crippen molar-refractivity contribution in [1.82, 2.24) is 24.6 Å². The largest absolute Gasteiger partial charge is 0.444 e. The SMILES string of the molecule is Cc1nc(-c2cnn(C)c2)c2c(n1)[C@H]1CCC[C@@H](C2)N1C(=O)OC(C)(C)C. The van der Waals surface area contributed by atoms with Crippen LogP contribution < -0.4 is 0 Å². The van der Waals surface area contributed by atoms with Gasteiger partial charge in [-0.05, 0) is 53.4 Å². The fraction of sp³-hybridized carbons (Fsp3) is 0.600. The molecule has 7 heteroatoms. The number of aryl methyl sites for hydroxylation is 2. The van der Waals surface area contributed by atoms with Crippen molar-refractivity contribution in [3.63, 3.8) is 0 Å². The van der Waals surface area contributed by atoms with Crippen LogP contribution >= 0.6 is 0 Å². The fourth-order valence-corrected chi connectivity index (χ4v) is 4.25. The van der Waals surface area contributed by atoms with Crippen LogP contribution in [0.3, 0.4) is 0 Å². The fourth-order valence-electron chi connectivity index (χ4n) is 4.25. The summed E-state index contributed by atoms with van der Waals surface area (Å²) >= 11 is 0. The Bertz CT molecular complexity index is 883. The Kier molecular flexibility index (Phi) is 4.20. The van der Waals surface area contributed by atoms with Crippen LogP contribution in [-0.4, -0.2) is 42.4 Å². The van der Waals surface area contributed by atoms with E-state index in [4.69, 9.17) is 14.7 Å². The number of carbonyl (C=O) groups excluding carboxylic acids is 1. The van der Waals surface area contributed by atoms with Crippen LogP contribution in [0.25, 0.3) is 11.3 Å². The van der Waals surface area contributed by atoms with Crippen molar-refractivity contribution in [1.29, 1.82) is 0 Å². The maximum absolute atomic E-state index is 12.9. The molecule has 144 valence electrons. The molecule has 4 heterocycles. The molecule has 0 spiro atoms. The lowest BCUT2D eigenvalue weighted by Gasteiger charge is -2.46. The zero-order valence-electron chi connectivity index (χ0n) is 16.7. The van der Waals surface area contributed by atoms with Gasteiger partial charge in [0.1, 0.15) is 11.4 Å². The molecule has 4 rings (SSSR count). The molecule has 1 saturated heterocycles. The number of ether oxygens (including phenoxy) is 1. The third kappa shape index (κ3) is 3.31. The molecular formula is C20H27N5O2. The van der Waals surface area contributed by atoms with Crippen molar-refractivity contribution in [3.05, 3.63) is 29.5 Å². The van der Waals surface area contributed by atoms with Gasteiger partial charge < -0.3 is 4.74 Å². The number of piperidine rings is 1. The first kappa shape index (κ1) is 17.9. The molecule has 2 atom stereocenters. The topological polar surface area (TPSA) is 73.1 Å². The molecule has 2 aliphatic heterocycles. The van der Waals surface area contributed by atoms with Crippen LogP contribution in [0.2, 0.25) is 0 Å². The van der Waals surface area contributed by atoms with E-state index in [1.807, 2.05) is 52.0 Å². The first-order valence-corrected chi connectivity index (χ1v) is 9.60. The maximum atomic E-state index is 12.9. The molecule has 2 aliphatic rings. The van der Waals surface area contributed by atoms with E-state index in [1.54, 1.807) is 4.68 Å². The molecule has 2 aromatic heterocycles. The molecule has 1 amide bonds. The summed E-state index contributed by atoms with van der Waals surface area (Å²) in [5.74, 6) is 0.723. The number of carbonyl (C=O) groups is 1. The zero-order chi connectivity index (χ0) is 19.3. The Morgan fingerprint density at radius 3 is 2.70 bits per heavy atom. The van der Waals surface area contributed by atoms with Crippen LogP contribution in [0.4, 0.5) is 4.79 Å². The Labute approximate surface area is 159 Å². The van der Waals surface area contributed by atoms with E-state index in [2.05, 4.69) is 5.10 Å². The molecule has 2 aromatic rings. The highest BCUT2D eigenvalue weighted by atomic mass is 16.6. The highest BCUT2D eigenvalue weighted by molar-refractivity contribution is 5.71. The molecule has 0 radical (unpaired) electrons. The highest BCUT2D eigenvalue weighted by Gasteiger charge is 2.44. The summed E-state index contributed by atoms with van der Waals surface area (Å²) in [6.45, 7) is 7.63. The minimum Gasteiger partial charge on any atom is -0.444 e. The van der Waals surface area contributed by atoms with Crippen molar-refractivity contribution >= 4 is 6.09 Å². The summed E-state index contributed by atoms with van der Waals surface area (Å²) in [6, 6.07) is 0.0901. The Balaban J connectivity index is 1.78. The lowest BCUT2D eigenvalue weighted by molar-refractivity contribution is -0.0105. The van der Waals surface area contributed by atoms with Crippen molar-refractivity contribution in [2.24, 2.45) is 7.05 Å². The predicted molar refractivity (Wildman–Crippen MR) is 101 cm³/mol. The number of fused-ring (bicyclic) bond motifs is 4. The summed E-state index contributed by atoms with van der Waals surface area (Å²) < 4.78 is 7.49. The number of rotatable bonds is 1. The Morgan fingerprint density at radius 2 is 2.04 bits per heavy atom. The Hall–Kier alpha value is -2.44. The average Bonchev–Trinajstić information content (AvgIpc) is 2.99. The monoisotopic (exact) mass is 369 g/mol. The quantitative estimate of drug-likeness (QED) is 0.768. The smallest absolute Gasteiger partial charge is 0.411 e. The van der Waals surface area contributed by atoms with Crippen molar-refractivity contribution < 1.29 is 9.53 Å². The first-order valence-electron chi connectivity index (χ1n) is 9.60. The van der Waals surface area contributed by atoms with Gasteiger partial charge in [-0.3, -0.25) is 9.58 Å². The number of aromatic nitrogens is 4. The lowest BCUT2D eigenvalue weighted by atomic mass is 9.81. The molecule has 7 nitrogen and oxygen atoms in total. The van der Waals surface area contributed by atoms with E-state index < -0.39 is 5.60 Å². The van der Waals surface area contributed by atoms with Gasteiger partial charge in [-0.15, -0.1) is 0 Å². The van der Waals surface area contributed by atoms with E-state index in [-0.39, 0.29) is 18.2 Å². The van der Waals surface area contributed by atoms with Gasteiger partial charge in [-0.2, -0.15) is 5.10 Å². The number of amides is 1. The van der Waals surface area contributed by atoms with Crippen molar-refractivity contribution in [2.75, 3.05) is 0 Å². The standard InChI is InChI=1S/C20H27N5O2/c1-12-22-17(13-10-21-24(5)11-13)15-9-14-7-6-8-16(18(15)23-12)25(14)19(26)27-20(2,3)4/h10-11,14,16H,6-9H2,1-5H3/t14-,16+/m0/s1. The third-order valence-corrected chi connectivity index (χ3v) is 5.23. The molecular weight excluding hydrogens is 342 g/mol. The molecule has 0 N–H and O–H groups in total. The molecule has 0 aromatic carbocycles. The van der Waals surface area contributed by atoms with Gasteiger partial charge >= 0.3 is 6.09 Å². The third-order valence-electron chi connectivity index (χ3n) is 5.23. The van der Waals surface area contributed by atoms with Gasteiger partial charge in [0.2, 0.25) is 0 Å². The second kappa shape index (κ2) is 6.32. The normalized spacial score (nSPS) is 21.7. The van der Waals surface area contributed by atoms with Crippen molar-refractivity contribution in [2.45, 2.75) is 71.1 Å². The molecule has 0 unspecified atom stereocenters. The Morgan fingerprint density at radius 1 is 1.26 bits per heavy atom. The molecule has 1 fully saturated rings. The van der Waals surface area contributed by atoms with E-state index in [0.717, 1.165) is 54.0 Å². The summed E-state index contributed by atoms with van der Waals surface area (Å²) in [6.07, 6.45) is 7.34. The second-order valence-electron chi connectivity index (χ2n) is 8.58. The van der Waals surface area contributed by atoms with Gasteiger partial charge in [-0.1, -0.05) is 0 Å². The lowest BCUT2D eigenvalue weighted by Crippen LogP contribution is -2.51. The summed E-state index contributed by atoms with van der Waals surface area (Å²) in [7, 11) is 1.91. The second-order valence-corrected chi connectivity index (χ2v) is 8.58. The molecule has 0 aliphatic carbocycles. The zero-order valence-corrected chi connectivity index (χ0v) is 16.7. The predicted octanol–water partition coefficient (Wildman–Crippen LogP) is 3.57. The summed E-state index contributed by atoms with van der Waals surface area (Å²) in [5, 5.41) is 4.30. The minimum atomic E-state index is -0.506. The van der Waals surface area contributed by atoms with E-state index in [1.165, 1.54) is 0 Å². The van der Waals surface area contributed by atoms with Gasteiger partial charge in [-0.25, -0.2) is 14.8 Å². The molecule has 27 heavy (non-hydrogen) atoms. The summed E-state index contributed by atoms with van der Waals surface area (Å²) in [5.41, 5.74) is 3.58. The minimum absolute atomic E-state index is 0.0422. The van der Waals surface area contributed by atoms with Crippen molar-refractivity contribution in [3.8, 4) is 11.3 Å². The van der Waals surface area contributed by atoms with Crippen LogP contribution in [0.1, 0.15) is 63.2 Å². The first-order chi connectivity index (χ1) is 12.7. The van der Waals surface area contributed by atoms with Crippen LogP contribution in [-0.2, 0) is 18.2 Å². The van der Waals surface area contributed by atoms with Crippen LogP contribution in [0.5, 0.6) is 0 Å². The van der Waals surface area contributed by atoms with Crippen LogP contribution in [0, 0.1) is 6.92 Å². The van der Waals surface area contributed by atoms with E-state index in [0.29, 0.717) is 0 Å². The molecule has 2 bridgehead atoms. The van der Waals surface area contributed by atoms with Gasteiger partial charge in [0.05, 0.1) is 23.6 Å². The highest BCUT2D eigenvalue weighted by Crippen LogP contribution is 2.44. The maximum Gasteiger partial charge on any atom is 0.411 e. The van der Waals surface area contributed by atoms with Crippen LogP contribution in [0.15, 0.2) is 12.4 Å².